The van der Waals surface area contributed by atoms with Gasteiger partial charge in [-0.3, -0.25) is 0 Å². The molecule has 0 aliphatic carbocycles. The Morgan fingerprint density at radius 2 is 1.82 bits per heavy atom. The molecule has 1 heterocycles. The van der Waals surface area contributed by atoms with Gasteiger partial charge in [-0.05, 0) is 63.1 Å². The number of carbonyl (C=O) groups is 1. The van der Waals surface area contributed by atoms with E-state index in [2.05, 4.69) is 0 Å². The monoisotopic (exact) mass is 386 g/mol. The molecule has 150 valence electrons. The minimum Gasteiger partial charge on any atom is -0.493 e. The molecule has 1 amide bonds. The van der Waals surface area contributed by atoms with Gasteiger partial charge in [0.15, 0.2) is 0 Å². The second-order valence-corrected chi connectivity index (χ2v) is 8.16. The molecular weight excluding hydrogens is 359 g/mol. The summed E-state index contributed by atoms with van der Waals surface area (Å²) in [6, 6.07) is 12.3. The molecule has 5 nitrogen and oxygen atoms in total. The number of hydrogen-bond donors (Lipinski definition) is 1. The smallest absolute Gasteiger partial charge is 0.407 e. The van der Waals surface area contributed by atoms with Gasteiger partial charge in [-0.1, -0.05) is 6.07 Å². The van der Waals surface area contributed by atoms with Crippen molar-refractivity contribution in [3.8, 4) is 5.75 Å². The number of nitrogens with zero attached hydrogens (tertiary/aromatic N) is 2. The topological polar surface area (TPSA) is 53.0 Å². The van der Waals surface area contributed by atoms with Crippen LogP contribution in [0.4, 0.5) is 20.6 Å². The van der Waals surface area contributed by atoms with Crippen LogP contribution in [0.5, 0.6) is 5.75 Å². The van der Waals surface area contributed by atoms with Crippen molar-refractivity contribution in [2.24, 2.45) is 0 Å². The Morgan fingerprint density at radius 3 is 2.43 bits per heavy atom. The molecule has 0 saturated carbocycles. The second-order valence-electron chi connectivity index (χ2n) is 8.16. The van der Waals surface area contributed by atoms with Crippen LogP contribution in [0.1, 0.15) is 38.7 Å². The Morgan fingerprint density at radius 1 is 1.18 bits per heavy atom. The van der Waals surface area contributed by atoms with Gasteiger partial charge in [-0.2, -0.15) is 0 Å². The van der Waals surface area contributed by atoms with Crippen LogP contribution in [-0.2, 0) is 0 Å². The Labute approximate surface area is 165 Å². The Balaban J connectivity index is 1.85. The third-order valence-corrected chi connectivity index (χ3v) is 5.21. The summed E-state index contributed by atoms with van der Waals surface area (Å²) in [5, 5.41) is 9.61. The number of anilines is 2. The van der Waals surface area contributed by atoms with Crippen molar-refractivity contribution in [1.29, 1.82) is 0 Å². The van der Waals surface area contributed by atoms with E-state index in [1.54, 1.807) is 12.1 Å². The van der Waals surface area contributed by atoms with Crippen molar-refractivity contribution >= 4 is 17.5 Å². The van der Waals surface area contributed by atoms with Crippen LogP contribution < -0.4 is 9.64 Å². The molecule has 28 heavy (non-hydrogen) atoms. The minimum atomic E-state index is -0.909. The molecule has 1 atom stereocenters. The molecule has 6 heteroatoms. The molecule has 0 aromatic heterocycles. The van der Waals surface area contributed by atoms with E-state index in [0.29, 0.717) is 13.2 Å². The molecule has 0 unspecified atom stereocenters. The zero-order valence-corrected chi connectivity index (χ0v) is 16.8. The fourth-order valence-corrected chi connectivity index (χ4v) is 3.52. The summed E-state index contributed by atoms with van der Waals surface area (Å²) in [6.07, 6.45) is -0.131. The van der Waals surface area contributed by atoms with Crippen LogP contribution in [0.3, 0.4) is 0 Å². The summed E-state index contributed by atoms with van der Waals surface area (Å²) < 4.78 is 19.1. The van der Waals surface area contributed by atoms with Crippen molar-refractivity contribution in [3.63, 3.8) is 0 Å². The van der Waals surface area contributed by atoms with Gasteiger partial charge < -0.3 is 19.6 Å². The normalized spacial score (nSPS) is 16.1. The van der Waals surface area contributed by atoms with E-state index in [0.717, 1.165) is 29.1 Å². The van der Waals surface area contributed by atoms with E-state index in [9.17, 15) is 14.3 Å². The third-order valence-electron chi connectivity index (χ3n) is 5.21. The molecule has 0 spiro atoms. The van der Waals surface area contributed by atoms with Gasteiger partial charge in [0.1, 0.15) is 11.6 Å². The largest absolute Gasteiger partial charge is 0.493 e. The maximum absolute atomic E-state index is 13.2. The van der Waals surface area contributed by atoms with Crippen LogP contribution in [0.25, 0.3) is 0 Å². The zero-order valence-electron chi connectivity index (χ0n) is 16.8. The molecule has 0 bridgehead atoms. The summed E-state index contributed by atoms with van der Waals surface area (Å²) in [4.78, 5) is 15.2. The standard InChI is InChI=1S/C22H27FN2O3/c1-22(2,3)25(21(26)27)14-15-11-12-28-20-13-18(9-10-19(15)20)24(4)17-7-5-16(23)6-8-17/h5-10,13,15H,11-12,14H2,1-4H3,(H,26,27)/t15-/m0/s1. The fourth-order valence-electron chi connectivity index (χ4n) is 3.52. The summed E-state index contributed by atoms with van der Waals surface area (Å²) in [5.74, 6) is 0.599. The van der Waals surface area contributed by atoms with Crippen molar-refractivity contribution in [1.82, 2.24) is 4.90 Å². The van der Waals surface area contributed by atoms with E-state index in [1.807, 2.05) is 50.9 Å². The number of carboxylic acid groups (broad SMARTS) is 1. The first kappa shape index (κ1) is 20.0. The van der Waals surface area contributed by atoms with E-state index in [4.69, 9.17) is 4.74 Å². The molecule has 2 aromatic carbocycles. The van der Waals surface area contributed by atoms with E-state index in [-0.39, 0.29) is 11.7 Å². The quantitative estimate of drug-likeness (QED) is 0.781. The molecule has 3 rings (SSSR count). The summed E-state index contributed by atoms with van der Waals surface area (Å²) in [5.41, 5.74) is 2.36. The molecule has 0 radical (unpaired) electrons. The molecule has 1 N–H and O–H groups in total. The number of hydrogen-bond acceptors (Lipinski definition) is 3. The Hall–Kier alpha value is -2.76. The van der Waals surface area contributed by atoms with Crippen molar-refractivity contribution in [2.75, 3.05) is 25.1 Å². The molecule has 2 aromatic rings. The first-order valence-electron chi connectivity index (χ1n) is 9.43. The Bertz CT molecular complexity index is 846. The fraction of sp³-hybridized carbons (Fsp3) is 0.409. The summed E-state index contributed by atoms with van der Waals surface area (Å²) in [6.45, 7) is 6.70. The highest BCUT2D eigenvalue weighted by molar-refractivity contribution is 5.67. The van der Waals surface area contributed by atoms with Crippen molar-refractivity contribution in [3.05, 3.63) is 53.8 Å². The highest BCUT2D eigenvalue weighted by Crippen LogP contribution is 2.38. The number of halogens is 1. The average molecular weight is 386 g/mol. The van der Waals surface area contributed by atoms with E-state index >= 15 is 0 Å². The highest BCUT2D eigenvalue weighted by atomic mass is 19.1. The van der Waals surface area contributed by atoms with Gasteiger partial charge >= 0.3 is 6.09 Å². The van der Waals surface area contributed by atoms with Gasteiger partial charge in [-0.25, -0.2) is 9.18 Å². The Kier molecular flexibility index (Phi) is 5.49. The van der Waals surface area contributed by atoms with Gasteiger partial charge in [0.25, 0.3) is 0 Å². The summed E-state index contributed by atoms with van der Waals surface area (Å²) in [7, 11) is 1.92. The summed E-state index contributed by atoms with van der Waals surface area (Å²) >= 11 is 0. The molecule has 1 aliphatic rings. The van der Waals surface area contributed by atoms with Gasteiger partial charge in [0.05, 0.1) is 6.61 Å². The van der Waals surface area contributed by atoms with Crippen molar-refractivity contribution < 1.29 is 19.0 Å². The molecule has 1 aliphatic heterocycles. The molecule has 0 saturated heterocycles. The lowest BCUT2D eigenvalue weighted by Crippen LogP contribution is -2.47. The lowest BCUT2D eigenvalue weighted by atomic mass is 9.91. The highest BCUT2D eigenvalue weighted by Gasteiger charge is 2.32. The van der Waals surface area contributed by atoms with Gasteiger partial charge in [0.2, 0.25) is 0 Å². The predicted octanol–water partition coefficient (Wildman–Crippen LogP) is 5.24. The molecule has 0 fully saturated rings. The van der Waals surface area contributed by atoms with E-state index < -0.39 is 11.6 Å². The lowest BCUT2D eigenvalue weighted by Gasteiger charge is -2.37. The number of rotatable bonds is 4. The average Bonchev–Trinajstić information content (AvgIpc) is 2.64. The molecular formula is C22H27FN2O3. The van der Waals surface area contributed by atoms with Crippen LogP contribution in [0.2, 0.25) is 0 Å². The maximum Gasteiger partial charge on any atom is 0.407 e. The SMILES string of the molecule is CN(c1ccc(F)cc1)c1ccc2c(c1)OCC[C@H]2CN(C(=O)O)C(C)(C)C. The van der Waals surface area contributed by atoms with Gasteiger partial charge in [-0.15, -0.1) is 0 Å². The zero-order chi connectivity index (χ0) is 20.5. The maximum atomic E-state index is 13.2. The van der Waals surface area contributed by atoms with Crippen molar-refractivity contribution in [2.45, 2.75) is 38.6 Å². The second kappa shape index (κ2) is 7.70. The van der Waals surface area contributed by atoms with Crippen LogP contribution in [0, 0.1) is 5.82 Å². The number of ether oxygens (including phenoxy) is 1. The minimum absolute atomic E-state index is 0.0873. The van der Waals surface area contributed by atoms with Crippen LogP contribution in [-0.4, -0.2) is 41.8 Å². The van der Waals surface area contributed by atoms with Crippen LogP contribution in [0.15, 0.2) is 42.5 Å². The number of fused-ring (bicyclic) bond motifs is 1. The number of benzene rings is 2. The van der Waals surface area contributed by atoms with Crippen LogP contribution >= 0.6 is 0 Å². The lowest BCUT2D eigenvalue weighted by molar-refractivity contribution is 0.0912. The first-order valence-corrected chi connectivity index (χ1v) is 9.43. The third kappa shape index (κ3) is 4.21. The first-order chi connectivity index (χ1) is 13.2. The number of amides is 1. The van der Waals surface area contributed by atoms with Gasteiger partial charge in [0, 0.05) is 42.5 Å². The van der Waals surface area contributed by atoms with E-state index in [1.165, 1.54) is 17.0 Å². The predicted molar refractivity (Wildman–Crippen MR) is 108 cm³/mol.